The Balaban J connectivity index is 1.33. The highest BCUT2D eigenvalue weighted by molar-refractivity contribution is 7.89. The van der Waals surface area contributed by atoms with Gasteiger partial charge in [0.2, 0.25) is 16.0 Å². The molecule has 2 aliphatic rings. The molecule has 0 unspecified atom stereocenters. The summed E-state index contributed by atoms with van der Waals surface area (Å²) in [4.78, 5) is 14.1. The van der Waals surface area contributed by atoms with Crippen LogP contribution in [0.5, 0.6) is 0 Å². The van der Waals surface area contributed by atoms with E-state index in [4.69, 9.17) is 4.98 Å². The smallest absolute Gasteiger partial charge is 0.245 e. The topological polar surface area (TPSA) is 95.4 Å². The number of nitrogens with zero attached hydrogens (tertiary/aromatic N) is 7. The van der Waals surface area contributed by atoms with Gasteiger partial charge in [0.25, 0.3) is 0 Å². The number of aromatic nitrogens is 4. The van der Waals surface area contributed by atoms with Gasteiger partial charge in [-0.3, -0.25) is 0 Å². The number of fused-ring (bicyclic) bond motifs is 1. The van der Waals surface area contributed by atoms with E-state index >= 15 is 0 Å². The van der Waals surface area contributed by atoms with Gasteiger partial charge in [-0.1, -0.05) is 6.07 Å². The average Bonchev–Trinajstić information content (AvgIpc) is 3.28. The second-order valence-corrected chi connectivity index (χ2v) is 10.4. The molecule has 0 aliphatic carbocycles. The zero-order valence-electron chi connectivity index (χ0n) is 17.4. The van der Waals surface area contributed by atoms with Crippen molar-refractivity contribution in [3.05, 3.63) is 30.0 Å². The fourth-order valence-electron chi connectivity index (χ4n) is 4.22. The highest BCUT2D eigenvalue weighted by Crippen LogP contribution is 2.27. The third-order valence-corrected chi connectivity index (χ3v) is 8.37. The van der Waals surface area contributed by atoms with Crippen LogP contribution in [0.3, 0.4) is 0 Å². The minimum atomic E-state index is -3.63. The van der Waals surface area contributed by atoms with Crippen molar-refractivity contribution >= 4 is 44.6 Å². The molecule has 2 fully saturated rings. The van der Waals surface area contributed by atoms with Crippen molar-refractivity contribution in [1.29, 1.82) is 0 Å². The van der Waals surface area contributed by atoms with Crippen molar-refractivity contribution < 1.29 is 8.42 Å². The van der Waals surface area contributed by atoms with Crippen LogP contribution < -0.4 is 9.80 Å². The Morgan fingerprint density at radius 3 is 2.45 bits per heavy atom. The van der Waals surface area contributed by atoms with E-state index in [1.807, 2.05) is 13.0 Å². The lowest BCUT2D eigenvalue weighted by molar-refractivity contribution is 0.384. The Hall–Kier alpha value is -2.37. The lowest BCUT2D eigenvalue weighted by atomic mass is 10.1. The van der Waals surface area contributed by atoms with Gasteiger partial charge in [0.15, 0.2) is 0 Å². The van der Waals surface area contributed by atoms with Crippen molar-refractivity contribution in [2.45, 2.75) is 31.1 Å². The summed E-state index contributed by atoms with van der Waals surface area (Å²) in [6.45, 7) is 5.94. The van der Waals surface area contributed by atoms with Gasteiger partial charge in [-0.15, -0.1) is 0 Å². The van der Waals surface area contributed by atoms with E-state index in [0.717, 1.165) is 42.3 Å². The Bertz CT molecular complexity index is 1180. The van der Waals surface area contributed by atoms with Crippen LogP contribution in [0.15, 0.2) is 29.2 Å². The molecule has 2 saturated heterocycles. The van der Waals surface area contributed by atoms with Crippen LogP contribution in [0, 0.1) is 6.92 Å². The van der Waals surface area contributed by atoms with Crippen LogP contribution in [0.1, 0.15) is 25.0 Å². The summed E-state index contributed by atoms with van der Waals surface area (Å²) in [6, 6.07) is 7.11. The van der Waals surface area contributed by atoms with E-state index < -0.39 is 10.0 Å². The maximum absolute atomic E-state index is 13.3. The fourth-order valence-corrected chi connectivity index (χ4v) is 6.39. The highest BCUT2D eigenvalue weighted by Gasteiger charge is 2.31. The number of sulfonamides is 1. The van der Waals surface area contributed by atoms with Crippen LogP contribution in [-0.2, 0) is 10.0 Å². The first kappa shape index (κ1) is 20.5. The quantitative estimate of drug-likeness (QED) is 0.586. The number of aryl methyl sites for hydroxylation is 1. The van der Waals surface area contributed by atoms with Crippen molar-refractivity contribution in [2.75, 3.05) is 49.1 Å². The molecule has 31 heavy (non-hydrogen) atoms. The monoisotopic (exact) mass is 459 g/mol. The number of benzene rings is 1. The third kappa shape index (κ3) is 3.97. The van der Waals surface area contributed by atoms with Crippen LogP contribution in [0.4, 0.5) is 11.8 Å². The van der Waals surface area contributed by atoms with Crippen molar-refractivity contribution in [2.24, 2.45) is 0 Å². The summed E-state index contributed by atoms with van der Waals surface area (Å²) in [5, 5.41) is 0. The molecule has 164 valence electrons. The summed E-state index contributed by atoms with van der Waals surface area (Å²) >= 11 is 1.03. The van der Waals surface area contributed by atoms with Gasteiger partial charge < -0.3 is 9.80 Å². The maximum atomic E-state index is 13.3. The van der Waals surface area contributed by atoms with Crippen LogP contribution in [0.2, 0.25) is 0 Å². The van der Waals surface area contributed by atoms with E-state index in [0.29, 0.717) is 37.2 Å². The van der Waals surface area contributed by atoms with Gasteiger partial charge in [0, 0.05) is 51.0 Å². The molecule has 0 amide bonds. The predicted octanol–water partition coefficient (Wildman–Crippen LogP) is 2.29. The largest absolute Gasteiger partial charge is 0.354 e. The van der Waals surface area contributed by atoms with Gasteiger partial charge in [-0.2, -0.15) is 18.0 Å². The molecule has 0 saturated carbocycles. The Morgan fingerprint density at radius 1 is 0.903 bits per heavy atom. The first-order valence-electron chi connectivity index (χ1n) is 10.6. The maximum Gasteiger partial charge on any atom is 0.245 e. The summed E-state index contributed by atoms with van der Waals surface area (Å²) in [7, 11) is -3.63. The fraction of sp³-hybridized carbons (Fsp3) is 0.500. The molecule has 4 heterocycles. The van der Waals surface area contributed by atoms with Crippen LogP contribution >= 0.6 is 11.7 Å². The molecule has 1 aromatic carbocycles. The van der Waals surface area contributed by atoms with Crippen LogP contribution in [0.25, 0.3) is 11.0 Å². The van der Waals surface area contributed by atoms with Crippen molar-refractivity contribution in [1.82, 2.24) is 23.0 Å². The lowest BCUT2D eigenvalue weighted by Crippen LogP contribution is -2.49. The molecular formula is C20H25N7O2S2. The van der Waals surface area contributed by atoms with Crippen molar-refractivity contribution in [3.63, 3.8) is 0 Å². The van der Waals surface area contributed by atoms with Crippen molar-refractivity contribution in [3.8, 4) is 0 Å². The number of piperidine rings is 1. The Morgan fingerprint density at radius 2 is 1.68 bits per heavy atom. The number of hydrogen-bond acceptors (Lipinski definition) is 9. The molecule has 0 spiro atoms. The lowest BCUT2D eigenvalue weighted by Gasteiger charge is -2.35. The first-order valence-corrected chi connectivity index (χ1v) is 12.8. The van der Waals surface area contributed by atoms with E-state index in [1.54, 1.807) is 18.2 Å². The SMILES string of the molecule is Cc1cc(N2CCN(S(=O)(=O)c3cccc4nsnc34)CC2)nc(N2CCCCC2)n1. The Labute approximate surface area is 186 Å². The molecule has 0 atom stereocenters. The number of piperazine rings is 1. The summed E-state index contributed by atoms with van der Waals surface area (Å²) in [5.74, 6) is 1.66. The summed E-state index contributed by atoms with van der Waals surface area (Å²) < 4.78 is 36.4. The minimum Gasteiger partial charge on any atom is -0.354 e. The van der Waals surface area contributed by atoms with E-state index in [-0.39, 0.29) is 4.90 Å². The van der Waals surface area contributed by atoms with Gasteiger partial charge in [0.05, 0.1) is 11.7 Å². The molecule has 3 aromatic rings. The molecule has 9 nitrogen and oxygen atoms in total. The standard InChI is InChI=1S/C20H25N7O2S2/c1-15-14-18(22-20(21-15)26-8-3-2-4-9-26)25-10-12-27(13-11-25)31(28,29)17-7-5-6-16-19(17)24-30-23-16/h5-7,14H,2-4,8-13H2,1H3. The molecule has 11 heteroatoms. The normalized spacial score (nSPS) is 18.6. The van der Waals surface area contributed by atoms with Gasteiger partial charge in [0.1, 0.15) is 21.7 Å². The number of rotatable bonds is 4. The molecule has 2 aliphatic heterocycles. The molecular weight excluding hydrogens is 434 g/mol. The van der Waals surface area contributed by atoms with E-state index in [2.05, 4.69) is 23.5 Å². The van der Waals surface area contributed by atoms with Gasteiger partial charge in [-0.25, -0.2) is 13.4 Å². The highest BCUT2D eigenvalue weighted by atomic mass is 32.2. The zero-order chi connectivity index (χ0) is 21.4. The van der Waals surface area contributed by atoms with Gasteiger partial charge >= 0.3 is 0 Å². The molecule has 5 rings (SSSR count). The third-order valence-electron chi connectivity index (χ3n) is 5.90. The zero-order valence-corrected chi connectivity index (χ0v) is 19.1. The predicted molar refractivity (Wildman–Crippen MR) is 121 cm³/mol. The Kier molecular flexibility index (Phi) is 5.49. The minimum absolute atomic E-state index is 0.234. The molecule has 0 radical (unpaired) electrons. The average molecular weight is 460 g/mol. The molecule has 0 bridgehead atoms. The first-order chi connectivity index (χ1) is 15.0. The number of hydrogen-bond donors (Lipinski definition) is 0. The summed E-state index contributed by atoms with van der Waals surface area (Å²) in [6.07, 6.45) is 3.60. The summed E-state index contributed by atoms with van der Waals surface area (Å²) in [5.41, 5.74) is 2.00. The molecule has 2 aromatic heterocycles. The number of anilines is 2. The van der Waals surface area contributed by atoms with Crippen LogP contribution in [-0.4, -0.2) is 70.7 Å². The second-order valence-electron chi connectivity index (χ2n) is 7.99. The van der Waals surface area contributed by atoms with E-state index in [1.165, 1.54) is 23.6 Å². The van der Waals surface area contributed by atoms with Gasteiger partial charge in [-0.05, 0) is 38.3 Å². The molecule has 0 N–H and O–H groups in total. The second kappa shape index (κ2) is 8.29. The van der Waals surface area contributed by atoms with E-state index in [9.17, 15) is 8.42 Å².